The standard InChI is InChI=1S/C11H22N2O/c1-3-9(2)6-10-11(7-12-8-11)14-5-4-13-10/h9-10,12-13H,3-8H2,1-2H3. The van der Waals surface area contributed by atoms with Gasteiger partial charge in [-0.3, -0.25) is 0 Å². The summed E-state index contributed by atoms with van der Waals surface area (Å²) in [6.07, 6.45) is 2.51. The number of hydrogen-bond acceptors (Lipinski definition) is 3. The molecule has 0 aromatic carbocycles. The van der Waals surface area contributed by atoms with E-state index in [-0.39, 0.29) is 5.60 Å². The van der Waals surface area contributed by atoms with Crippen LogP contribution in [0.4, 0.5) is 0 Å². The van der Waals surface area contributed by atoms with E-state index in [1.165, 1.54) is 12.8 Å². The number of hydrogen-bond donors (Lipinski definition) is 2. The molecule has 2 unspecified atom stereocenters. The lowest BCUT2D eigenvalue weighted by Crippen LogP contribution is -2.73. The Morgan fingerprint density at radius 2 is 2.29 bits per heavy atom. The molecule has 2 aliphatic heterocycles. The molecule has 0 aliphatic carbocycles. The third-order valence-corrected chi connectivity index (χ3v) is 3.70. The van der Waals surface area contributed by atoms with Gasteiger partial charge in [-0.25, -0.2) is 0 Å². The lowest BCUT2D eigenvalue weighted by atomic mass is 9.81. The van der Waals surface area contributed by atoms with Gasteiger partial charge in [0.2, 0.25) is 0 Å². The Bertz CT molecular complexity index is 192. The van der Waals surface area contributed by atoms with Gasteiger partial charge in [-0.2, -0.15) is 0 Å². The maximum atomic E-state index is 5.93. The summed E-state index contributed by atoms with van der Waals surface area (Å²) in [6, 6.07) is 0.562. The molecule has 82 valence electrons. The molecule has 0 bridgehead atoms. The highest BCUT2D eigenvalue weighted by atomic mass is 16.5. The van der Waals surface area contributed by atoms with E-state index in [1.54, 1.807) is 0 Å². The molecule has 3 nitrogen and oxygen atoms in total. The summed E-state index contributed by atoms with van der Waals surface area (Å²) in [4.78, 5) is 0. The minimum atomic E-state index is 0.127. The largest absolute Gasteiger partial charge is 0.369 e. The zero-order valence-corrected chi connectivity index (χ0v) is 9.31. The summed E-state index contributed by atoms with van der Waals surface area (Å²) < 4.78 is 5.93. The molecular formula is C11H22N2O. The van der Waals surface area contributed by atoms with E-state index in [9.17, 15) is 0 Å². The predicted molar refractivity (Wildman–Crippen MR) is 57.4 cm³/mol. The Morgan fingerprint density at radius 1 is 1.50 bits per heavy atom. The Labute approximate surface area is 86.6 Å². The number of morpholine rings is 1. The first kappa shape index (κ1) is 10.4. The second-order valence-corrected chi connectivity index (χ2v) is 4.77. The van der Waals surface area contributed by atoms with Gasteiger partial charge in [0, 0.05) is 25.7 Å². The monoisotopic (exact) mass is 198 g/mol. The van der Waals surface area contributed by atoms with Gasteiger partial charge in [0.15, 0.2) is 0 Å². The highest BCUT2D eigenvalue weighted by Crippen LogP contribution is 2.28. The van der Waals surface area contributed by atoms with Crippen LogP contribution in [-0.4, -0.2) is 37.9 Å². The molecule has 0 saturated carbocycles. The molecule has 2 aliphatic rings. The van der Waals surface area contributed by atoms with Crippen LogP contribution in [0.2, 0.25) is 0 Å². The molecule has 14 heavy (non-hydrogen) atoms. The van der Waals surface area contributed by atoms with Crippen LogP contribution in [-0.2, 0) is 4.74 Å². The number of rotatable bonds is 3. The van der Waals surface area contributed by atoms with Gasteiger partial charge in [0.25, 0.3) is 0 Å². The second kappa shape index (κ2) is 4.17. The quantitative estimate of drug-likeness (QED) is 0.702. The first-order valence-electron chi connectivity index (χ1n) is 5.85. The lowest BCUT2D eigenvalue weighted by molar-refractivity contribution is -0.130. The summed E-state index contributed by atoms with van der Waals surface area (Å²) >= 11 is 0. The van der Waals surface area contributed by atoms with Crippen LogP contribution in [0.15, 0.2) is 0 Å². The Morgan fingerprint density at radius 3 is 2.86 bits per heavy atom. The minimum absolute atomic E-state index is 0.127. The Kier molecular flexibility index (Phi) is 3.10. The molecule has 3 heteroatoms. The molecule has 2 atom stereocenters. The van der Waals surface area contributed by atoms with E-state index < -0.39 is 0 Å². The van der Waals surface area contributed by atoms with E-state index in [0.717, 1.165) is 32.2 Å². The maximum absolute atomic E-state index is 5.93. The van der Waals surface area contributed by atoms with Crippen molar-refractivity contribution >= 4 is 0 Å². The molecule has 0 radical (unpaired) electrons. The summed E-state index contributed by atoms with van der Waals surface area (Å²) in [5, 5.41) is 6.94. The van der Waals surface area contributed by atoms with Crippen molar-refractivity contribution in [1.29, 1.82) is 0 Å². The zero-order chi connectivity index (χ0) is 10.0. The normalized spacial score (nSPS) is 32.6. The van der Waals surface area contributed by atoms with Gasteiger partial charge in [-0.15, -0.1) is 0 Å². The molecule has 0 aromatic heterocycles. The Balaban J connectivity index is 1.93. The van der Waals surface area contributed by atoms with E-state index in [2.05, 4.69) is 24.5 Å². The highest BCUT2D eigenvalue weighted by molar-refractivity contribution is 5.05. The summed E-state index contributed by atoms with van der Waals surface area (Å²) in [6.45, 7) is 8.54. The van der Waals surface area contributed by atoms with E-state index >= 15 is 0 Å². The van der Waals surface area contributed by atoms with Crippen molar-refractivity contribution in [2.45, 2.75) is 38.3 Å². The van der Waals surface area contributed by atoms with Crippen molar-refractivity contribution < 1.29 is 4.74 Å². The first-order chi connectivity index (χ1) is 6.77. The van der Waals surface area contributed by atoms with Crippen LogP contribution in [0.25, 0.3) is 0 Å². The Hall–Kier alpha value is -0.120. The van der Waals surface area contributed by atoms with E-state index in [4.69, 9.17) is 4.74 Å². The SMILES string of the molecule is CCC(C)CC1NCCOC12CNC2. The molecule has 2 N–H and O–H groups in total. The van der Waals surface area contributed by atoms with Gasteiger partial charge >= 0.3 is 0 Å². The fourth-order valence-corrected chi connectivity index (χ4v) is 2.36. The topological polar surface area (TPSA) is 33.3 Å². The first-order valence-corrected chi connectivity index (χ1v) is 5.85. The van der Waals surface area contributed by atoms with Crippen LogP contribution >= 0.6 is 0 Å². The molecule has 0 amide bonds. The van der Waals surface area contributed by atoms with Gasteiger partial charge in [-0.1, -0.05) is 20.3 Å². The molecule has 0 aromatic rings. The van der Waals surface area contributed by atoms with Crippen LogP contribution in [0.3, 0.4) is 0 Å². The smallest absolute Gasteiger partial charge is 0.108 e. The van der Waals surface area contributed by atoms with E-state index in [0.29, 0.717) is 6.04 Å². The third kappa shape index (κ3) is 1.81. The average molecular weight is 198 g/mol. The molecule has 1 spiro atoms. The van der Waals surface area contributed by atoms with Crippen molar-refractivity contribution in [2.75, 3.05) is 26.2 Å². The average Bonchev–Trinajstić information content (AvgIpc) is 2.16. The fraction of sp³-hybridized carbons (Fsp3) is 1.00. The zero-order valence-electron chi connectivity index (χ0n) is 9.31. The fourth-order valence-electron chi connectivity index (χ4n) is 2.36. The summed E-state index contributed by atoms with van der Waals surface area (Å²) in [7, 11) is 0. The van der Waals surface area contributed by atoms with Gasteiger partial charge in [0.05, 0.1) is 6.61 Å². The lowest BCUT2D eigenvalue weighted by Gasteiger charge is -2.51. The van der Waals surface area contributed by atoms with Gasteiger partial charge < -0.3 is 15.4 Å². The predicted octanol–water partition coefficient (Wildman–Crippen LogP) is 0.753. The minimum Gasteiger partial charge on any atom is -0.369 e. The van der Waals surface area contributed by atoms with Gasteiger partial charge in [0.1, 0.15) is 5.60 Å². The summed E-state index contributed by atoms with van der Waals surface area (Å²) in [5.74, 6) is 0.798. The van der Waals surface area contributed by atoms with Crippen molar-refractivity contribution in [3.05, 3.63) is 0 Å². The van der Waals surface area contributed by atoms with Crippen molar-refractivity contribution in [2.24, 2.45) is 5.92 Å². The third-order valence-electron chi connectivity index (χ3n) is 3.70. The maximum Gasteiger partial charge on any atom is 0.108 e. The molecule has 2 saturated heterocycles. The number of ether oxygens (including phenoxy) is 1. The molecule has 2 fully saturated rings. The van der Waals surface area contributed by atoms with Gasteiger partial charge in [-0.05, 0) is 12.3 Å². The van der Waals surface area contributed by atoms with E-state index in [1.807, 2.05) is 0 Å². The van der Waals surface area contributed by atoms with Crippen LogP contribution in [0, 0.1) is 5.92 Å². The molecular weight excluding hydrogens is 176 g/mol. The van der Waals surface area contributed by atoms with Crippen LogP contribution in [0.5, 0.6) is 0 Å². The van der Waals surface area contributed by atoms with Crippen LogP contribution in [0.1, 0.15) is 26.7 Å². The van der Waals surface area contributed by atoms with Crippen molar-refractivity contribution in [1.82, 2.24) is 10.6 Å². The second-order valence-electron chi connectivity index (χ2n) is 4.77. The molecule has 2 heterocycles. The molecule has 2 rings (SSSR count). The van der Waals surface area contributed by atoms with Crippen molar-refractivity contribution in [3.8, 4) is 0 Å². The number of nitrogens with one attached hydrogen (secondary N) is 2. The van der Waals surface area contributed by atoms with Crippen LogP contribution < -0.4 is 10.6 Å². The van der Waals surface area contributed by atoms with Crippen molar-refractivity contribution in [3.63, 3.8) is 0 Å². The summed E-state index contributed by atoms with van der Waals surface area (Å²) in [5.41, 5.74) is 0.127. The highest BCUT2D eigenvalue weighted by Gasteiger charge is 2.47.